The Hall–Kier alpha value is -2.69. The SMILES string of the molecule is c1ccc(-c2nc3c(o2)CN(c2ccccn2)CC3)nc1. The van der Waals surface area contributed by atoms with E-state index >= 15 is 0 Å². The van der Waals surface area contributed by atoms with Crippen LogP contribution in [0.25, 0.3) is 11.6 Å². The summed E-state index contributed by atoms with van der Waals surface area (Å²) in [6.45, 7) is 1.60. The lowest BCUT2D eigenvalue weighted by atomic mass is 10.1. The molecule has 0 bridgehead atoms. The topological polar surface area (TPSA) is 55.1 Å². The summed E-state index contributed by atoms with van der Waals surface area (Å²) in [5.41, 5.74) is 1.80. The number of aromatic nitrogens is 3. The predicted octanol–water partition coefficient (Wildman–Crippen LogP) is 2.69. The molecule has 4 heterocycles. The molecular weight excluding hydrogens is 264 g/mol. The van der Waals surface area contributed by atoms with Gasteiger partial charge in [0.05, 0.1) is 12.2 Å². The van der Waals surface area contributed by atoms with Crippen LogP contribution in [0.4, 0.5) is 5.82 Å². The van der Waals surface area contributed by atoms with Crippen molar-refractivity contribution in [1.29, 1.82) is 0 Å². The molecule has 0 aliphatic carbocycles. The average Bonchev–Trinajstić information content (AvgIpc) is 2.99. The lowest BCUT2D eigenvalue weighted by molar-refractivity contribution is 0.493. The van der Waals surface area contributed by atoms with Gasteiger partial charge in [0.15, 0.2) is 0 Å². The highest BCUT2D eigenvalue weighted by Crippen LogP contribution is 2.26. The third kappa shape index (κ3) is 2.27. The molecule has 104 valence electrons. The van der Waals surface area contributed by atoms with Crippen LogP contribution in [0.2, 0.25) is 0 Å². The summed E-state index contributed by atoms with van der Waals surface area (Å²) in [7, 11) is 0. The molecule has 1 aliphatic rings. The fourth-order valence-electron chi connectivity index (χ4n) is 2.53. The van der Waals surface area contributed by atoms with Crippen molar-refractivity contribution >= 4 is 5.82 Å². The molecule has 0 N–H and O–H groups in total. The minimum Gasteiger partial charge on any atom is -0.438 e. The number of pyridine rings is 2. The Kier molecular flexibility index (Phi) is 2.88. The van der Waals surface area contributed by atoms with Crippen molar-refractivity contribution in [2.75, 3.05) is 11.4 Å². The van der Waals surface area contributed by atoms with Crippen molar-refractivity contribution in [1.82, 2.24) is 15.0 Å². The Labute approximate surface area is 122 Å². The smallest absolute Gasteiger partial charge is 0.245 e. The quantitative estimate of drug-likeness (QED) is 0.721. The molecule has 1 aliphatic heterocycles. The largest absolute Gasteiger partial charge is 0.438 e. The Morgan fingerprint density at radius 2 is 1.86 bits per heavy atom. The van der Waals surface area contributed by atoms with Gasteiger partial charge >= 0.3 is 0 Å². The van der Waals surface area contributed by atoms with Crippen molar-refractivity contribution in [3.05, 3.63) is 60.2 Å². The summed E-state index contributed by atoms with van der Waals surface area (Å²) in [6.07, 6.45) is 4.42. The second-order valence-corrected chi connectivity index (χ2v) is 4.96. The molecule has 3 aromatic heterocycles. The number of rotatable bonds is 2. The van der Waals surface area contributed by atoms with E-state index in [0.29, 0.717) is 12.4 Å². The zero-order valence-electron chi connectivity index (χ0n) is 11.4. The molecule has 3 aromatic rings. The average molecular weight is 278 g/mol. The molecule has 0 spiro atoms. The van der Waals surface area contributed by atoms with Gasteiger partial charge in [-0.25, -0.2) is 9.97 Å². The highest BCUT2D eigenvalue weighted by atomic mass is 16.4. The van der Waals surface area contributed by atoms with E-state index in [1.165, 1.54) is 0 Å². The van der Waals surface area contributed by atoms with Crippen LogP contribution in [0.3, 0.4) is 0 Å². The number of nitrogens with zero attached hydrogens (tertiary/aromatic N) is 4. The fourth-order valence-corrected chi connectivity index (χ4v) is 2.53. The van der Waals surface area contributed by atoms with Gasteiger partial charge < -0.3 is 9.32 Å². The molecule has 0 unspecified atom stereocenters. The van der Waals surface area contributed by atoms with Crippen LogP contribution in [0.1, 0.15) is 11.5 Å². The molecule has 0 saturated heterocycles. The Morgan fingerprint density at radius 1 is 1.00 bits per heavy atom. The van der Waals surface area contributed by atoms with Crippen LogP contribution in [-0.4, -0.2) is 21.5 Å². The number of hydrogen-bond donors (Lipinski definition) is 0. The van der Waals surface area contributed by atoms with Crippen LogP contribution in [-0.2, 0) is 13.0 Å². The first-order valence-electron chi connectivity index (χ1n) is 6.96. The predicted molar refractivity (Wildman–Crippen MR) is 78.7 cm³/mol. The van der Waals surface area contributed by atoms with Gasteiger partial charge in [-0.05, 0) is 24.3 Å². The highest BCUT2D eigenvalue weighted by molar-refractivity contribution is 5.48. The van der Waals surface area contributed by atoms with Gasteiger partial charge in [-0.3, -0.25) is 4.98 Å². The van der Waals surface area contributed by atoms with Crippen molar-refractivity contribution in [2.24, 2.45) is 0 Å². The van der Waals surface area contributed by atoms with E-state index in [1.54, 1.807) is 6.20 Å². The highest BCUT2D eigenvalue weighted by Gasteiger charge is 2.23. The summed E-state index contributed by atoms with van der Waals surface area (Å²) in [5.74, 6) is 2.48. The van der Waals surface area contributed by atoms with E-state index in [1.807, 2.05) is 42.6 Å². The standard InChI is InChI=1S/C16H14N4O/c1-3-8-17-13(5-1)16-19-12-7-10-20(11-14(12)21-16)15-6-2-4-9-18-15/h1-6,8-9H,7,10-11H2. The third-order valence-electron chi connectivity index (χ3n) is 3.59. The van der Waals surface area contributed by atoms with Crippen molar-refractivity contribution in [3.63, 3.8) is 0 Å². The van der Waals surface area contributed by atoms with E-state index in [2.05, 4.69) is 19.9 Å². The lowest BCUT2D eigenvalue weighted by Gasteiger charge is -2.25. The van der Waals surface area contributed by atoms with Gasteiger partial charge in [-0.1, -0.05) is 12.1 Å². The second kappa shape index (κ2) is 5.01. The van der Waals surface area contributed by atoms with Crippen molar-refractivity contribution in [3.8, 4) is 11.6 Å². The number of fused-ring (bicyclic) bond motifs is 1. The van der Waals surface area contributed by atoms with E-state index in [4.69, 9.17) is 4.42 Å². The zero-order chi connectivity index (χ0) is 14.1. The Morgan fingerprint density at radius 3 is 2.62 bits per heavy atom. The number of hydrogen-bond acceptors (Lipinski definition) is 5. The van der Waals surface area contributed by atoms with E-state index in [0.717, 1.165) is 35.9 Å². The van der Waals surface area contributed by atoms with Crippen LogP contribution < -0.4 is 4.90 Å². The van der Waals surface area contributed by atoms with Crippen molar-refractivity contribution < 1.29 is 4.42 Å². The minimum atomic E-state index is 0.600. The molecule has 21 heavy (non-hydrogen) atoms. The van der Waals surface area contributed by atoms with Crippen molar-refractivity contribution in [2.45, 2.75) is 13.0 Å². The lowest BCUT2D eigenvalue weighted by Crippen LogP contribution is -2.30. The zero-order valence-corrected chi connectivity index (χ0v) is 11.4. The fraction of sp³-hybridized carbons (Fsp3) is 0.188. The number of oxazole rings is 1. The summed E-state index contributed by atoms with van der Waals surface area (Å²) >= 11 is 0. The van der Waals surface area contributed by atoms with Crippen LogP contribution in [0, 0.1) is 0 Å². The van der Waals surface area contributed by atoms with Gasteiger partial charge in [-0.15, -0.1) is 0 Å². The van der Waals surface area contributed by atoms with Crippen LogP contribution >= 0.6 is 0 Å². The summed E-state index contributed by atoms with van der Waals surface area (Å²) < 4.78 is 5.90. The van der Waals surface area contributed by atoms with E-state index < -0.39 is 0 Å². The van der Waals surface area contributed by atoms with E-state index in [9.17, 15) is 0 Å². The molecule has 0 amide bonds. The summed E-state index contributed by atoms with van der Waals surface area (Å²) in [5, 5.41) is 0. The first-order chi connectivity index (χ1) is 10.4. The van der Waals surface area contributed by atoms with Gasteiger partial charge in [0.1, 0.15) is 17.3 Å². The maximum Gasteiger partial charge on any atom is 0.245 e. The minimum absolute atomic E-state index is 0.600. The molecule has 0 aromatic carbocycles. The molecule has 0 fully saturated rings. The molecular formula is C16H14N4O. The van der Waals surface area contributed by atoms with E-state index in [-0.39, 0.29) is 0 Å². The Balaban J connectivity index is 1.63. The molecule has 5 heteroatoms. The van der Waals surface area contributed by atoms with Gasteiger partial charge in [-0.2, -0.15) is 0 Å². The molecule has 4 rings (SSSR count). The Bertz CT molecular complexity index is 739. The number of anilines is 1. The second-order valence-electron chi connectivity index (χ2n) is 4.96. The normalized spacial score (nSPS) is 14.0. The third-order valence-corrected chi connectivity index (χ3v) is 3.59. The molecule has 5 nitrogen and oxygen atoms in total. The van der Waals surface area contributed by atoms with Gasteiger partial charge in [0.25, 0.3) is 0 Å². The maximum atomic E-state index is 5.90. The first-order valence-corrected chi connectivity index (χ1v) is 6.96. The maximum absolute atomic E-state index is 5.90. The first kappa shape index (κ1) is 12.1. The monoisotopic (exact) mass is 278 g/mol. The molecule has 0 atom stereocenters. The molecule has 0 radical (unpaired) electrons. The van der Waals surface area contributed by atoms with Gasteiger partial charge in [0.2, 0.25) is 5.89 Å². The molecule has 0 saturated carbocycles. The van der Waals surface area contributed by atoms with Crippen LogP contribution in [0.15, 0.2) is 53.2 Å². The van der Waals surface area contributed by atoms with Gasteiger partial charge in [0, 0.05) is 25.4 Å². The van der Waals surface area contributed by atoms with Crippen LogP contribution in [0.5, 0.6) is 0 Å². The summed E-state index contributed by atoms with van der Waals surface area (Å²) in [4.78, 5) is 15.5. The summed E-state index contributed by atoms with van der Waals surface area (Å²) in [6, 6.07) is 11.7.